The van der Waals surface area contributed by atoms with E-state index < -0.39 is 6.10 Å². The highest BCUT2D eigenvalue weighted by atomic mass is 16.5. The molecule has 4 rings (SSSR count). The number of ether oxygens (including phenoxy) is 1. The van der Waals surface area contributed by atoms with E-state index in [-0.39, 0.29) is 30.3 Å². The Balaban J connectivity index is 1.58. The maximum absolute atomic E-state index is 13.1. The van der Waals surface area contributed by atoms with Gasteiger partial charge in [0.2, 0.25) is 5.91 Å². The Labute approximate surface area is 173 Å². The Bertz CT molecular complexity index is 1190. The van der Waals surface area contributed by atoms with E-state index in [1.165, 1.54) is 11.6 Å². The molecule has 2 aromatic carbocycles. The van der Waals surface area contributed by atoms with Gasteiger partial charge in [0.05, 0.1) is 23.1 Å². The Kier molecular flexibility index (Phi) is 5.22. The van der Waals surface area contributed by atoms with Gasteiger partial charge in [-0.25, -0.2) is 4.98 Å². The molecule has 0 radical (unpaired) electrons. The number of hydrogen-bond donors (Lipinski definition) is 1. The van der Waals surface area contributed by atoms with E-state index in [0.717, 1.165) is 0 Å². The fourth-order valence-corrected chi connectivity index (χ4v) is 3.61. The van der Waals surface area contributed by atoms with Crippen LogP contribution in [0.15, 0.2) is 53.3 Å². The molecule has 0 spiro atoms. The number of aromatic nitrogens is 2. The number of benzene rings is 2. The molecule has 0 saturated carbocycles. The van der Waals surface area contributed by atoms with Gasteiger partial charge in [-0.3, -0.25) is 19.0 Å². The molecule has 30 heavy (non-hydrogen) atoms. The van der Waals surface area contributed by atoms with Gasteiger partial charge in [0.25, 0.3) is 11.5 Å². The molecule has 3 aromatic rings. The van der Waals surface area contributed by atoms with Crippen molar-refractivity contribution in [2.24, 2.45) is 7.05 Å². The summed E-state index contributed by atoms with van der Waals surface area (Å²) in [7, 11) is 3.19. The van der Waals surface area contributed by atoms with Crippen molar-refractivity contribution in [2.45, 2.75) is 18.9 Å². The first-order valence-corrected chi connectivity index (χ1v) is 9.72. The monoisotopic (exact) mass is 406 g/mol. The Morgan fingerprint density at radius 3 is 2.70 bits per heavy atom. The number of carbonyl (C=O) groups is 2. The van der Waals surface area contributed by atoms with Crippen molar-refractivity contribution in [1.29, 1.82) is 0 Å². The number of nitrogens with one attached hydrogen (secondary N) is 1. The second-order valence-corrected chi connectivity index (χ2v) is 7.10. The minimum atomic E-state index is -0.781. The van der Waals surface area contributed by atoms with Gasteiger partial charge >= 0.3 is 0 Å². The summed E-state index contributed by atoms with van der Waals surface area (Å²) in [6.07, 6.45) is -0.329. The second kappa shape index (κ2) is 7.98. The van der Waals surface area contributed by atoms with Crippen LogP contribution in [0.3, 0.4) is 0 Å². The highest BCUT2D eigenvalue weighted by molar-refractivity contribution is 5.97. The van der Waals surface area contributed by atoms with Crippen LogP contribution in [-0.2, 0) is 23.1 Å². The SMILES string of the molecule is CNC(=O)[C@H]1CN(C(=O)CCc2nc3ccccc3c(=O)n2C)c2ccccc2O1. The van der Waals surface area contributed by atoms with Gasteiger partial charge in [-0.2, -0.15) is 0 Å². The second-order valence-electron chi connectivity index (χ2n) is 7.10. The molecular weight excluding hydrogens is 384 g/mol. The number of nitrogens with zero attached hydrogens (tertiary/aromatic N) is 3. The third kappa shape index (κ3) is 3.52. The molecule has 8 heteroatoms. The summed E-state index contributed by atoms with van der Waals surface area (Å²) in [4.78, 5) is 43.9. The van der Waals surface area contributed by atoms with E-state index >= 15 is 0 Å². The smallest absolute Gasteiger partial charge is 0.262 e. The largest absolute Gasteiger partial charge is 0.477 e. The van der Waals surface area contributed by atoms with Crippen molar-refractivity contribution < 1.29 is 14.3 Å². The van der Waals surface area contributed by atoms with Gasteiger partial charge in [-0.05, 0) is 24.3 Å². The normalized spacial score (nSPS) is 15.4. The van der Waals surface area contributed by atoms with E-state index in [1.807, 2.05) is 12.1 Å². The van der Waals surface area contributed by atoms with E-state index in [1.54, 1.807) is 48.3 Å². The topological polar surface area (TPSA) is 93.5 Å². The van der Waals surface area contributed by atoms with Gasteiger partial charge in [0.15, 0.2) is 6.10 Å². The minimum Gasteiger partial charge on any atom is -0.477 e. The molecule has 2 heterocycles. The molecule has 0 fully saturated rings. The van der Waals surface area contributed by atoms with Crippen LogP contribution in [0.4, 0.5) is 5.69 Å². The number of hydrogen-bond acceptors (Lipinski definition) is 5. The molecule has 1 aliphatic heterocycles. The predicted octanol–water partition coefficient (Wildman–Crippen LogP) is 1.41. The van der Waals surface area contributed by atoms with Crippen molar-refractivity contribution in [3.05, 3.63) is 64.7 Å². The summed E-state index contributed by atoms with van der Waals surface area (Å²) in [5, 5.41) is 3.11. The highest BCUT2D eigenvalue weighted by Crippen LogP contribution is 2.33. The number of aryl methyl sites for hydroxylation is 1. The van der Waals surface area contributed by atoms with E-state index in [2.05, 4.69) is 10.3 Å². The Morgan fingerprint density at radius 1 is 1.17 bits per heavy atom. The molecule has 8 nitrogen and oxygen atoms in total. The molecule has 1 atom stereocenters. The van der Waals surface area contributed by atoms with Crippen LogP contribution in [0.1, 0.15) is 12.2 Å². The zero-order valence-electron chi connectivity index (χ0n) is 16.8. The van der Waals surface area contributed by atoms with Crippen molar-refractivity contribution in [3.8, 4) is 5.75 Å². The van der Waals surface area contributed by atoms with Crippen LogP contribution in [0, 0.1) is 0 Å². The van der Waals surface area contributed by atoms with Crippen molar-refractivity contribution in [2.75, 3.05) is 18.5 Å². The molecule has 0 saturated heterocycles. The van der Waals surface area contributed by atoms with Gasteiger partial charge in [0.1, 0.15) is 11.6 Å². The zero-order valence-corrected chi connectivity index (χ0v) is 16.8. The first kappa shape index (κ1) is 19.6. The fraction of sp³-hybridized carbons (Fsp3) is 0.273. The summed E-state index contributed by atoms with van der Waals surface area (Å²) in [5.74, 6) is 0.571. The third-order valence-corrected chi connectivity index (χ3v) is 5.25. The van der Waals surface area contributed by atoms with Gasteiger partial charge in [-0.15, -0.1) is 0 Å². The van der Waals surface area contributed by atoms with Crippen molar-refractivity contribution >= 4 is 28.4 Å². The summed E-state index contributed by atoms with van der Waals surface area (Å²) >= 11 is 0. The summed E-state index contributed by atoms with van der Waals surface area (Å²) in [5.41, 5.74) is 1.10. The molecule has 0 bridgehead atoms. The van der Waals surface area contributed by atoms with Crippen LogP contribution in [0.5, 0.6) is 5.75 Å². The number of likely N-dealkylation sites (N-methyl/N-ethyl adjacent to an activating group) is 1. The molecule has 0 unspecified atom stereocenters. The lowest BCUT2D eigenvalue weighted by Crippen LogP contribution is -2.50. The average Bonchev–Trinajstić information content (AvgIpc) is 2.79. The van der Waals surface area contributed by atoms with Gasteiger partial charge < -0.3 is 15.0 Å². The predicted molar refractivity (Wildman–Crippen MR) is 113 cm³/mol. The molecule has 1 aromatic heterocycles. The quantitative estimate of drug-likeness (QED) is 0.707. The molecule has 154 valence electrons. The number of para-hydroxylation sites is 3. The molecule has 1 N–H and O–H groups in total. The number of amides is 2. The van der Waals surface area contributed by atoms with E-state index in [0.29, 0.717) is 34.6 Å². The van der Waals surface area contributed by atoms with Crippen LogP contribution in [0.25, 0.3) is 10.9 Å². The van der Waals surface area contributed by atoms with Crippen LogP contribution in [0.2, 0.25) is 0 Å². The summed E-state index contributed by atoms with van der Waals surface area (Å²) in [6, 6.07) is 14.3. The maximum Gasteiger partial charge on any atom is 0.262 e. The van der Waals surface area contributed by atoms with Crippen LogP contribution < -0.4 is 20.5 Å². The van der Waals surface area contributed by atoms with Crippen LogP contribution >= 0.6 is 0 Å². The van der Waals surface area contributed by atoms with Gasteiger partial charge in [-0.1, -0.05) is 24.3 Å². The van der Waals surface area contributed by atoms with E-state index in [4.69, 9.17) is 4.74 Å². The average molecular weight is 406 g/mol. The summed E-state index contributed by atoms with van der Waals surface area (Å²) in [6.45, 7) is 0.125. The van der Waals surface area contributed by atoms with Crippen molar-refractivity contribution in [1.82, 2.24) is 14.9 Å². The first-order valence-electron chi connectivity index (χ1n) is 9.72. The Morgan fingerprint density at radius 2 is 1.90 bits per heavy atom. The fourth-order valence-electron chi connectivity index (χ4n) is 3.61. The molecule has 1 aliphatic rings. The number of rotatable bonds is 4. The maximum atomic E-state index is 13.1. The lowest BCUT2D eigenvalue weighted by Gasteiger charge is -2.34. The minimum absolute atomic E-state index is 0.125. The van der Waals surface area contributed by atoms with Crippen LogP contribution in [-0.4, -0.2) is 41.1 Å². The zero-order chi connectivity index (χ0) is 21.3. The number of anilines is 1. The standard InChI is InChI=1S/C22H22N4O4/c1-23-21(28)18-13-26(16-9-5-6-10-17(16)30-18)20(27)12-11-19-24-15-8-4-3-7-14(15)22(29)25(19)2/h3-10,18H,11-13H2,1-2H3,(H,23,28)/t18-/m1/s1. The lowest BCUT2D eigenvalue weighted by atomic mass is 10.1. The number of carbonyl (C=O) groups excluding carboxylic acids is 2. The van der Waals surface area contributed by atoms with E-state index in [9.17, 15) is 14.4 Å². The highest BCUT2D eigenvalue weighted by Gasteiger charge is 2.33. The number of fused-ring (bicyclic) bond motifs is 2. The third-order valence-electron chi connectivity index (χ3n) is 5.25. The Hall–Kier alpha value is -3.68. The lowest BCUT2D eigenvalue weighted by molar-refractivity contribution is -0.127. The van der Waals surface area contributed by atoms with Gasteiger partial charge in [0, 0.05) is 26.9 Å². The molecule has 2 amide bonds. The van der Waals surface area contributed by atoms with Crippen molar-refractivity contribution in [3.63, 3.8) is 0 Å². The molecular formula is C22H22N4O4. The summed E-state index contributed by atoms with van der Waals surface area (Å²) < 4.78 is 7.23. The first-order chi connectivity index (χ1) is 14.5. The molecule has 0 aliphatic carbocycles.